The summed E-state index contributed by atoms with van der Waals surface area (Å²) in [6, 6.07) is 6.33. The molecule has 2 nitrogen and oxygen atoms in total. The van der Waals surface area contributed by atoms with E-state index in [0.29, 0.717) is 0 Å². The summed E-state index contributed by atoms with van der Waals surface area (Å²) in [7, 11) is 0. The third-order valence-electron chi connectivity index (χ3n) is 3.60. The molecule has 2 heteroatoms. The van der Waals surface area contributed by atoms with E-state index in [4.69, 9.17) is 0 Å². The van der Waals surface area contributed by atoms with E-state index in [0.717, 1.165) is 32.4 Å². The first-order valence-corrected chi connectivity index (χ1v) is 6.09. The van der Waals surface area contributed by atoms with E-state index in [9.17, 15) is 5.11 Å². The van der Waals surface area contributed by atoms with Crippen LogP contribution in [0.2, 0.25) is 0 Å². The Morgan fingerprint density at radius 3 is 2.56 bits per heavy atom. The lowest BCUT2D eigenvalue weighted by Gasteiger charge is -2.33. The molecule has 0 aliphatic carbocycles. The van der Waals surface area contributed by atoms with Gasteiger partial charge in [-0.2, -0.15) is 0 Å². The fourth-order valence-corrected chi connectivity index (χ4v) is 2.56. The third-order valence-corrected chi connectivity index (χ3v) is 3.60. The van der Waals surface area contributed by atoms with Crippen molar-refractivity contribution in [2.24, 2.45) is 0 Å². The van der Waals surface area contributed by atoms with Gasteiger partial charge in [0.25, 0.3) is 0 Å². The number of hydrogen-bond donors (Lipinski definition) is 2. The van der Waals surface area contributed by atoms with Crippen molar-refractivity contribution < 1.29 is 5.11 Å². The van der Waals surface area contributed by atoms with E-state index in [1.807, 2.05) is 0 Å². The van der Waals surface area contributed by atoms with Crippen molar-refractivity contribution in [1.82, 2.24) is 5.32 Å². The molecule has 0 amide bonds. The molecule has 1 aromatic carbocycles. The largest absolute Gasteiger partial charge is 0.388 e. The van der Waals surface area contributed by atoms with Crippen LogP contribution in [0.3, 0.4) is 0 Å². The van der Waals surface area contributed by atoms with Gasteiger partial charge in [-0.25, -0.2) is 0 Å². The second-order valence-corrected chi connectivity index (χ2v) is 5.05. The molecule has 0 aromatic heterocycles. The van der Waals surface area contributed by atoms with Crippen LogP contribution in [0.4, 0.5) is 0 Å². The summed E-state index contributed by atoms with van der Waals surface area (Å²) in [6.45, 7) is 6.01. The molecule has 1 aromatic rings. The van der Waals surface area contributed by atoms with Gasteiger partial charge in [-0.15, -0.1) is 0 Å². The minimum Gasteiger partial charge on any atom is -0.388 e. The highest BCUT2D eigenvalue weighted by atomic mass is 16.3. The number of piperidine rings is 1. The minimum absolute atomic E-state index is 0.547. The van der Waals surface area contributed by atoms with Gasteiger partial charge in [-0.3, -0.25) is 0 Å². The van der Waals surface area contributed by atoms with E-state index in [1.54, 1.807) is 0 Å². The van der Waals surface area contributed by atoms with Gasteiger partial charge in [0.2, 0.25) is 0 Å². The molecule has 1 heterocycles. The lowest BCUT2D eigenvalue weighted by atomic mass is 9.84. The van der Waals surface area contributed by atoms with E-state index in [1.165, 1.54) is 16.7 Å². The Balaban J connectivity index is 2.19. The number of β-amino-alcohol motifs (C(OH)–C–C–N with tert-alkyl or cyclic N) is 1. The van der Waals surface area contributed by atoms with Gasteiger partial charge in [0.15, 0.2) is 0 Å². The van der Waals surface area contributed by atoms with Crippen LogP contribution in [0.1, 0.15) is 29.5 Å². The van der Waals surface area contributed by atoms with Crippen LogP contribution in [0, 0.1) is 13.8 Å². The van der Waals surface area contributed by atoms with Crippen LogP contribution in [0.15, 0.2) is 18.2 Å². The predicted molar refractivity (Wildman–Crippen MR) is 66.7 cm³/mol. The molecule has 2 rings (SSSR count). The molecular formula is C14H21NO. The SMILES string of the molecule is Cc1cccc(C)c1CC1(O)CCCNC1. The molecule has 1 saturated heterocycles. The van der Waals surface area contributed by atoms with Crippen molar-refractivity contribution in [2.75, 3.05) is 13.1 Å². The Bertz CT molecular complexity index is 347. The van der Waals surface area contributed by atoms with Gasteiger partial charge >= 0.3 is 0 Å². The Labute approximate surface area is 97.7 Å². The zero-order valence-corrected chi connectivity index (χ0v) is 10.2. The van der Waals surface area contributed by atoms with Crippen molar-refractivity contribution >= 4 is 0 Å². The lowest BCUT2D eigenvalue weighted by Crippen LogP contribution is -2.47. The second kappa shape index (κ2) is 4.56. The number of rotatable bonds is 2. The Kier molecular flexibility index (Phi) is 3.31. The average molecular weight is 219 g/mol. The fraction of sp³-hybridized carbons (Fsp3) is 0.571. The molecule has 1 unspecified atom stereocenters. The Morgan fingerprint density at radius 1 is 1.31 bits per heavy atom. The summed E-state index contributed by atoms with van der Waals surface area (Å²) in [4.78, 5) is 0. The molecule has 2 N–H and O–H groups in total. The van der Waals surface area contributed by atoms with Crippen LogP contribution < -0.4 is 5.32 Å². The van der Waals surface area contributed by atoms with Crippen LogP contribution >= 0.6 is 0 Å². The van der Waals surface area contributed by atoms with Crippen LogP contribution in [0.25, 0.3) is 0 Å². The maximum Gasteiger partial charge on any atom is 0.0812 e. The minimum atomic E-state index is -0.547. The lowest BCUT2D eigenvalue weighted by molar-refractivity contribution is 0.0167. The van der Waals surface area contributed by atoms with Gasteiger partial charge in [0, 0.05) is 13.0 Å². The second-order valence-electron chi connectivity index (χ2n) is 5.05. The van der Waals surface area contributed by atoms with Gasteiger partial charge in [-0.1, -0.05) is 18.2 Å². The Hall–Kier alpha value is -0.860. The molecule has 16 heavy (non-hydrogen) atoms. The highest BCUT2D eigenvalue weighted by Crippen LogP contribution is 2.25. The monoisotopic (exact) mass is 219 g/mol. The molecule has 0 spiro atoms. The summed E-state index contributed by atoms with van der Waals surface area (Å²) in [6.07, 6.45) is 2.76. The number of aryl methyl sites for hydroxylation is 2. The molecule has 1 atom stereocenters. The number of hydrogen-bond acceptors (Lipinski definition) is 2. The maximum absolute atomic E-state index is 10.5. The summed E-state index contributed by atoms with van der Waals surface area (Å²) < 4.78 is 0. The molecule has 1 aliphatic rings. The molecule has 0 radical (unpaired) electrons. The first-order valence-electron chi connectivity index (χ1n) is 6.09. The molecule has 88 valence electrons. The standard InChI is InChI=1S/C14H21NO/c1-11-5-3-6-12(2)13(11)9-14(16)7-4-8-15-10-14/h3,5-6,15-16H,4,7-10H2,1-2H3. The van der Waals surface area contributed by atoms with Crippen molar-refractivity contribution in [1.29, 1.82) is 0 Å². The van der Waals surface area contributed by atoms with Crippen LogP contribution in [0.5, 0.6) is 0 Å². The predicted octanol–water partition coefficient (Wildman–Crippen LogP) is 1.96. The van der Waals surface area contributed by atoms with Crippen LogP contribution in [-0.4, -0.2) is 23.8 Å². The van der Waals surface area contributed by atoms with Crippen LogP contribution in [-0.2, 0) is 6.42 Å². The van der Waals surface area contributed by atoms with Crippen molar-refractivity contribution in [2.45, 2.75) is 38.7 Å². The van der Waals surface area contributed by atoms with E-state index in [-0.39, 0.29) is 0 Å². The van der Waals surface area contributed by atoms with Gasteiger partial charge in [-0.05, 0) is 49.9 Å². The molecule has 0 bridgehead atoms. The van der Waals surface area contributed by atoms with Crippen molar-refractivity contribution in [3.8, 4) is 0 Å². The average Bonchev–Trinajstić information content (AvgIpc) is 2.25. The number of benzene rings is 1. The highest BCUT2D eigenvalue weighted by molar-refractivity contribution is 5.34. The van der Waals surface area contributed by atoms with E-state index >= 15 is 0 Å². The van der Waals surface area contributed by atoms with Gasteiger partial charge in [0.1, 0.15) is 0 Å². The zero-order valence-electron chi connectivity index (χ0n) is 10.2. The first kappa shape index (κ1) is 11.6. The topological polar surface area (TPSA) is 32.3 Å². The summed E-state index contributed by atoms with van der Waals surface area (Å²) >= 11 is 0. The smallest absolute Gasteiger partial charge is 0.0812 e. The number of aliphatic hydroxyl groups is 1. The molecule has 1 fully saturated rings. The summed E-state index contributed by atoms with van der Waals surface area (Å²) in [5.74, 6) is 0. The molecule has 0 saturated carbocycles. The normalized spacial score (nSPS) is 25.7. The number of nitrogens with one attached hydrogen (secondary N) is 1. The highest BCUT2D eigenvalue weighted by Gasteiger charge is 2.30. The fourth-order valence-electron chi connectivity index (χ4n) is 2.56. The van der Waals surface area contributed by atoms with Crippen molar-refractivity contribution in [3.05, 3.63) is 34.9 Å². The van der Waals surface area contributed by atoms with E-state index in [2.05, 4.69) is 37.4 Å². The third kappa shape index (κ3) is 2.45. The molecule has 1 aliphatic heterocycles. The van der Waals surface area contributed by atoms with Gasteiger partial charge < -0.3 is 10.4 Å². The van der Waals surface area contributed by atoms with E-state index < -0.39 is 5.60 Å². The molecular weight excluding hydrogens is 198 g/mol. The van der Waals surface area contributed by atoms with Crippen molar-refractivity contribution in [3.63, 3.8) is 0 Å². The maximum atomic E-state index is 10.5. The summed E-state index contributed by atoms with van der Waals surface area (Å²) in [5, 5.41) is 13.8. The quantitative estimate of drug-likeness (QED) is 0.797. The van der Waals surface area contributed by atoms with Gasteiger partial charge in [0.05, 0.1) is 5.60 Å². The first-order chi connectivity index (χ1) is 7.61. The Morgan fingerprint density at radius 2 is 2.00 bits per heavy atom. The zero-order chi connectivity index (χ0) is 11.6. The summed E-state index contributed by atoms with van der Waals surface area (Å²) in [5.41, 5.74) is 3.35.